The number of nitrogens with zero attached hydrogens (tertiary/aromatic N) is 2. The molecule has 1 aromatic heterocycles. The quantitative estimate of drug-likeness (QED) is 0.632. The van der Waals surface area contributed by atoms with Crippen molar-refractivity contribution in [1.82, 2.24) is 10.2 Å². The third-order valence-corrected chi connectivity index (χ3v) is 4.20. The van der Waals surface area contributed by atoms with Gasteiger partial charge in [0.15, 0.2) is 11.3 Å². The van der Waals surface area contributed by atoms with Crippen LogP contribution in [-0.2, 0) is 10.0 Å². The monoisotopic (exact) mass is 284 g/mol. The number of nitrogens with one attached hydrogen (secondary N) is 1. The number of aldehydes is 1. The second-order valence-corrected chi connectivity index (χ2v) is 5.93. The topological polar surface area (TPSA) is 115 Å². The number of hydrogen-bond donors (Lipinski definition) is 2. The van der Waals surface area contributed by atoms with E-state index in [1.165, 1.54) is 24.3 Å². The number of anilines is 2. The van der Waals surface area contributed by atoms with E-state index in [9.17, 15) is 13.2 Å². The standard InChI is InChI=1S/C9H8N4O3S2/c10-6-1-3-7(4-2-6)18(15,16)13-9-12-11-8(5-14)17-9/h1-5H,10H2,(H,12,13). The minimum atomic E-state index is -3.74. The van der Waals surface area contributed by atoms with E-state index in [2.05, 4.69) is 14.9 Å². The van der Waals surface area contributed by atoms with E-state index >= 15 is 0 Å². The Morgan fingerprint density at radius 2 is 1.89 bits per heavy atom. The Kier molecular flexibility index (Phi) is 3.26. The molecule has 0 radical (unpaired) electrons. The largest absolute Gasteiger partial charge is 0.399 e. The Morgan fingerprint density at radius 3 is 2.44 bits per heavy atom. The maximum absolute atomic E-state index is 11.9. The second-order valence-electron chi connectivity index (χ2n) is 3.24. The summed E-state index contributed by atoms with van der Waals surface area (Å²) in [7, 11) is -3.74. The molecule has 0 spiro atoms. The fourth-order valence-corrected chi connectivity index (χ4v) is 2.93. The van der Waals surface area contributed by atoms with E-state index in [-0.39, 0.29) is 15.0 Å². The van der Waals surface area contributed by atoms with Crippen LogP contribution in [0, 0.1) is 0 Å². The molecule has 0 fully saturated rings. The van der Waals surface area contributed by atoms with Crippen LogP contribution in [-0.4, -0.2) is 24.9 Å². The molecule has 94 valence electrons. The Morgan fingerprint density at radius 1 is 1.22 bits per heavy atom. The summed E-state index contributed by atoms with van der Waals surface area (Å²) < 4.78 is 26.0. The number of rotatable bonds is 4. The van der Waals surface area contributed by atoms with Crippen molar-refractivity contribution in [2.24, 2.45) is 0 Å². The number of sulfonamides is 1. The van der Waals surface area contributed by atoms with Crippen LogP contribution in [0.25, 0.3) is 0 Å². The molecular weight excluding hydrogens is 276 g/mol. The number of nitrogen functional groups attached to an aromatic ring is 1. The van der Waals surface area contributed by atoms with Gasteiger partial charge in [-0.1, -0.05) is 11.3 Å². The van der Waals surface area contributed by atoms with Crippen LogP contribution in [0.3, 0.4) is 0 Å². The fourth-order valence-electron chi connectivity index (χ4n) is 1.14. The highest BCUT2D eigenvalue weighted by Gasteiger charge is 2.16. The molecule has 0 saturated heterocycles. The summed E-state index contributed by atoms with van der Waals surface area (Å²) in [6, 6.07) is 5.70. The van der Waals surface area contributed by atoms with Gasteiger partial charge in [0.2, 0.25) is 5.13 Å². The summed E-state index contributed by atoms with van der Waals surface area (Å²) in [5.41, 5.74) is 5.94. The van der Waals surface area contributed by atoms with Crippen LogP contribution in [0.4, 0.5) is 10.8 Å². The Hall–Kier alpha value is -2.00. The van der Waals surface area contributed by atoms with Gasteiger partial charge in [0.25, 0.3) is 10.0 Å². The lowest BCUT2D eigenvalue weighted by Crippen LogP contribution is -2.12. The summed E-state index contributed by atoms with van der Waals surface area (Å²) >= 11 is 0.852. The van der Waals surface area contributed by atoms with Crippen molar-refractivity contribution in [3.63, 3.8) is 0 Å². The molecule has 0 aliphatic carbocycles. The first-order valence-electron chi connectivity index (χ1n) is 4.68. The van der Waals surface area contributed by atoms with E-state index in [1.54, 1.807) is 0 Å². The second kappa shape index (κ2) is 4.70. The van der Waals surface area contributed by atoms with Crippen molar-refractivity contribution in [3.05, 3.63) is 29.3 Å². The molecule has 2 rings (SSSR count). The lowest BCUT2D eigenvalue weighted by atomic mass is 10.3. The average Bonchev–Trinajstić information content (AvgIpc) is 2.76. The van der Waals surface area contributed by atoms with Crippen LogP contribution in [0.5, 0.6) is 0 Å². The molecule has 3 N–H and O–H groups in total. The maximum Gasteiger partial charge on any atom is 0.263 e. The Labute approximate surface area is 107 Å². The Balaban J connectivity index is 2.26. The van der Waals surface area contributed by atoms with Gasteiger partial charge >= 0.3 is 0 Å². The highest BCUT2D eigenvalue weighted by molar-refractivity contribution is 7.93. The molecule has 0 unspecified atom stereocenters. The van der Waals surface area contributed by atoms with Gasteiger partial charge in [-0.2, -0.15) is 0 Å². The van der Waals surface area contributed by atoms with Gasteiger partial charge < -0.3 is 5.73 Å². The molecule has 0 aliphatic heterocycles. The summed E-state index contributed by atoms with van der Waals surface area (Å²) in [5.74, 6) is 0. The molecule has 2 aromatic rings. The van der Waals surface area contributed by atoms with E-state index < -0.39 is 10.0 Å². The van der Waals surface area contributed by atoms with E-state index in [0.717, 1.165) is 11.3 Å². The first-order valence-corrected chi connectivity index (χ1v) is 6.98. The predicted molar refractivity (Wildman–Crippen MR) is 67.0 cm³/mol. The first kappa shape index (κ1) is 12.5. The molecule has 0 amide bonds. The van der Waals surface area contributed by atoms with Crippen molar-refractivity contribution < 1.29 is 13.2 Å². The highest BCUT2D eigenvalue weighted by Crippen LogP contribution is 2.19. The lowest BCUT2D eigenvalue weighted by Gasteiger charge is -2.04. The smallest absolute Gasteiger partial charge is 0.263 e. The molecule has 0 atom stereocenters. The van der Waals surface area contributed by atoms with Crippen molar-refractivity contribution in [2.75, 3.05) is 10.5 Å². The molecule has 9 heteroatoms. The molecule has 7 nitrogen and oxygen atoms in total. The molecule has 0 saturated carbocycles. The number of benzene rings is 1. The number of carbonyl (C=O) groups excluding carboxylic acids is 1. The van der Waals surface area contributed by atoms with E-state index in [4.69, 9.17) is 5.73 Å². The van der Waals surface area contributed by atoms with Gasteiger partial charge in [0.1, 0.15) is 0 Å². The van der Waals surface area contributed by atoms with Crippen LogP contribution in [0.15, 0.2) is 29.2 Å². The van der Waals surface area contributed by atoms with Crippen molar-refractivity contribution in [3.8, 4) is 0 Å². The van der Waals surface area contributed by atoms with Crippen LogP contribution < -0.4 is 10.5 Å². The first-order chi connectivity index (χ1) is 8.51. The van der Waals surface area contributed by atoms with Gasteiger partial charge in [-0.3, -0.25) is 9.52 Å². The molecule has 0 bridgehead atoms. The van der Waals surface area contributed by atoms with E-state index in [0.29, 0.717) is 12.0 Å². The van der Waals surface area contributed by atoms with Crippen LogP contribution in [0.2, 0.25) is 0 Å². The van der Waals surface area contributed by atoms with Gasteiger partial charge in [0.05, 0.1) is 4.90 Å². The van der Waals surface area contributed by atoms with Gasteiger partial charge in [-0.05, 0) is 24.3 Å². The third-order valence-electron chi connectivity index (χ3n) is 1.95. The normalized spacial score (nSPS) is 11.1. The van der Waals surface area contributed by atoms with Gasteiger partial charge in [0, 0.05) is 5.69 Å². The predicted octanol–water partition coefficient (Wildman–Crippen LogP) is 0.734. The molecule has 1 aromatic carbocycles. The number of aromatic nitrogens is 2. The minimum absolute atomic E-state index is 0.0360. The molecular formula is C9H8N4O3S2. The fraction of sp³-hybridized carbons (Fsp3) is 0. The zero-order valence-corrected chi connectivity index (χ0v) is 10.5. The average molecular weight is 284 g/mol. The maximum atomic E-state index is 11.9. The molecule has 0 aliphatic rings. The number of carbonyl (C=O) groups is 1. The lowest BCUT2D eigenvalue weighted by molar-refractivity contribution is 0.112. The summed E-state index contributed by atoms with van der Waals surface area (Å²) in [5, 5.41) is 7.16. The van der Waals surface area contributed by atoms with Crippen LogP contribution >= 0.6 is 11.3 Å². The molecule has 1 heterocycles. The summed E-state index contributed by atoms with van der Waals surface area (Å²) in [4.78, 5) is 10.5. The zero-order valence-electron chi connectivity index (χ0n) is 8.90. The summed E-state index contributed by atoms with van der Waals surface area (Å²) in [6.07, 6.45) is 0.499. The SMILES string of the molecule is Nc1ccc(S(=O)(=O)Nc2nnc(C=O)s2)cc1. The van der Waals surface area contributed by atoms with E-state index in [1.807, 2.05) is 0 Å². The molecule has 18 heavy (non-hydrogen) atoms. The summed E-state index contributed by atoms with van der Waals surface area (Å²) in [6.45, 7) is 0. The minimum Gasteiger partial charge on any atom is -0.399 e. The number of hydrogen-bond acceptors (Lipinski definition) is 7. The third kappa shape index (κ3) is 2.63. The van der Waals surface area contributed by atoms with Gasteiger partial charge in [-0.25, -0.2) is 8.42 Å². The van der Waals surface area contributed by atoms with Gasteiger partial charge in [-0.15, -0.1) is 10.2 Å². The number of nitrogens with two attached hydrogens (primary N) is 1. The zero-order chi connectivity index (χ0) is 13.2. The Bertz CT molecular complexity index is 663. The van der Waals surface area contributed by atoms with Crippen LogP contribution in [0.1, 0.15) is 9.80 Å². The van der Waals surface area contributed by atoms with Crippen molar-refractivity contribution >= 4 is 38.5 Å². The van der Waals surface area contributed by atoms with Crippen molar-refractivity contribution in [2.45, 2.75) is 4.90 Å². The highest BCUT2D eigenvalue weighted by atomic mass is 32.2. The van der Waals surface area contributed by atoms with Crippen molar-refractivity contribution in [1.29, 1.82) is 0 Å².